The summed E-state index contributed by atoms with van der Waals surface area (Å²) in [5.74, 6) is 1.28. The highest BCUT2D eigenvalue weighted by Gasteiger charge is 2.23. The third kappa shape index (κ3) is 3.60. The maximum Gasteiger partial charge on any atom is 0.253 e. The Hall–Kier alpha value is -1.35. The number of carbonyl (C=O) groups excluding carboxylic acids is 1. The first-order chi connectivity index (χ1) is 9.61. The zero-order valence-corrected chi connectivity index (χ0v) is 12.9. The Balaban J connectivity index is 2.02. The zero-order chi connectivity index (χ0) is 14.5. The van der Waals surface area contributed by atoms with Crippen LogP contribution in [0.2, 0.25) is 0 Å². The van der Waals surface area contributed by atoms with Crippen molar-refractivity contribution in [3.63, 3.8) is 0 Å². The van der Waals surface area contributed by atoms with Crippen molar-refractivity contribution in [2.24, 2.45) is 5.92 Å². The molecule has 1 saturated heterocycles. The summed E-state index contributed by atoms with van der Waals surface area (Å²) < 4.78 is 0. The van der Waals surface area contributed by atoms with E-state index in [1.54, 1.807) is 0 Å². The van der Waals surface area contributed by atoms with Crippen LogP contribution < -0.4 is 5.32 Å². The number of piperidine rings is 1. The molecule has 1 atom stereocenters. The van der Waals surface area contributed by atoms with Crippen LogP contribution in [0.4, 0.5) is 0 Å². The Morgan fingerprint density at radius 2 is 2.05 bits per heavy atom. The van der Waals surface area contributed by atoms with Crippen molar-refractivity contribution < 1.29 is 4.79 Å². The third-order valence-corrected chi connectivity index (χ3v) is 4.12. The van der Waals surface area contributed by atoms with E-state index < -0.39 is 0 Å². The molecule has 1 heterocycles. The smallest absolute Gasteiger partial charge is 0.253 e. The molecule has 3 heteroatoms. The van der Waals surface area contributed by atoms with Gasteiger partial charge >= 0.3 is 0 Å². The topological polar surface area (TPSA) is 32.3 Å². The number of rotatable bonds is 4. The summed E-state index contributed by atoms with van der Waals surface area (Å²) >= 11 is 0. The molecule has 0 spiro atoms. The van der Waals surface area contributed by atoms with Gasteiger partial charge in [0.15, 0.2) is 0 Å². The lowest BCUT2D eigenvalue weighted by Crippen LogP contribution is -2.42. The van der Waals surface area contributed by atoms with Gasteiger partial charge in [0.25, 0.3) is 5.91 Å². The fraction of sp³-hybridized carbons (Fsp3) is 0.588. The second kappa shape index (κ2) is 6.89. The van der Waals surface area contributed by atoms with Crippen LogP contribution in [0.3, 0.4) is 0 Å². The van der Waals surface area contributed by atoms with Gasteiger partial charge in [0.05, 0.1) is 0 Å². The molecule has 0 aliphatic carbocycles. The number of hydrogen-bond donors (Lipinski definition) is 1. The molecule has 0 saturated carbocycles. The van der Waals surface area contributed by atoms with Gasteiger partial charge in [-0.15, -0.1) is 0 Å². The fourth-order valence-corrected chi connectivity index (χ4v) is 2.90. The van der Waals surface area contributed by atoms with E-state index in [2.05, 4.69) is 31.3 Å². The Labute approximate surface area is 122 Å². The maximum absolute atomic E-state index is 12.5. The van der Waals surface area contributed by atoms with Crippen LogP contribution in [-0.4, -0.2) is 37.5 Å². The molecule has 1 N–H and O–H groups in total. The first-order valence-corrected chi connectivity index (χ1v) is 7.65. The number of carbonyl (C=O) groups is 1. The van der Waals surface area contributed by atoms with Crippen LogP contribution in [0.15, 0.2) is 24.3 Å². The van der Waals surface area contributed by atoms with E-state index in [4.69, 9.17) is 0 Å². The van der Waals surface area contributed by atoms with Crippen molar-refractivity contribution in [2.45, 2.75) is 32.6 Å². The molecule has 1 aromatic carbocycles. The summed E-state index contributed by atoms with van der Waals surface area (Å²) in [6.07, 6.45) is 2.33. The van der Waals surface area contributed by atoms with Gasteiger partial charge in [-0.2, -0.15) is 0 Å². The average Bonchev–Trinajstić information content (AvgIpc) is 2.47. The number of benzene rings is 1. The van der Waals surface area contributed by atoms with Crippen LogP contribution in [0, 0.1) is 5.92 Å². The fourth-order valence-electron chi connectivity index (χ4n) is 2.90. The minimum atomic E-state index is 0.182. The standard InChI is InChI=1S/C17H26N2O/c1-13(2)15-6-8-16(9-7-15)17(20)19-10-4-5-14(12-19)11-18-3/h6-9,13-14,18H,4-5,10-12H2,1-3H3. The first-order valence-electron chi connectivity index (χ1n) is 7.65. The van der Waals surface area contributed by atoms with E-state index in [9.17, 15) is 4.79 Å². The van der Waals surface area contributed by atoms with E-state index in [1.807, 2.05) is 24.1 Å². The van der Waals surface area contributed by atoms with Gasteiger partial charge in [-0.1, -0.05) is 26.0 Å². The van der Waals surface area contributed by atoms with Crippen LogP contribution >= 0.6 is 0 Å². The van der Waals surface area contributed by atoms with E-state index in [0.29, 0.717) is 11.8 Å². The van der Waals surface area contributed by atoms with Crippen molar-refractivity contribution in [2.75, 3.05) is 26.7 Å². The molecule has 0 radical (unpaired) electrons. The van der Waals surface area contributed by atoms with Crippen molar-refractivity contribution in [3.8, 4) is 0 Å². The molecule has 2 rings (SSSR count). The van der Waals surface area contributed by atoms with Gasteiger partial charge in [-0.05, 0) is 56.0 Å². The average molecular weight is 274 g/mol. The summed E-state index contributed by atoms with van der Waals surface area (Å²) in [4.78, 5) is 14.5. The van der Waals surface area contributed by atoms with E-state index in [0.717, 1.165) is 31.6 Å². The lowest BCUT2D eigenvalue weighted by atomic mass is 9.96. The summed E-state index contributed by atoms with van der Waals surface area (Å²) in [7, 11) is 1.98. The summed E-state index contributed by atoms with van der Waals surface area (Å²) in [5.41, 5.74) is 2.10. The van der Waals surface area contributed by atoms with Gasteiger partial charge in [0.1, 0.15) is 0 Å². The number of nitrogens with one attached hydrogen (secondary N) is 1. The quantitative estimate of drug-likeness (QED) is 0.915. The molecule has 3 nitrogen and oxygen atoms in total. The molecule has 0 bridgehead atoms. The third-order valence-electron chi connectivity index (χ3n) is 4.12. The number of amides is 1. The molecule has 1 aromatic rings. The number of likely N-dealkylation sites (tertiary alicyclic amines) is 1. The summed E-state index contributed by atoms with van der Waals surface area (Å²) in [6, 6.07) is 8.10. The minimum absolute atomic E-state index is 0.182. The summed E-state index contributed by atoms with van der Waals surface area (Å²) in [5, 5.41) is 3.22. The van der Waals surface area contributed by atoms with Crippen LogP contribution in [0.25, 0.3) is 0 Å². The largest absolute Gasteiger partial charge is 0.338 e. The van der Waals surface area contributed by atoms with Gasteiger partial charge in [-0.3, -0.25) is 4.79 Å². The number of hydrogen-bond acceptors (Lipinski definition) is 2. The lowest BCUT2D eigenvalue weighted by molar-refractivity contribution is 0.0674. The predicted octanol–water partition coefficient (Wildman–Crippen LogP) is 2.88. The van der Waals surface area contributed by atoms with Crippen LogP contribution in [0.5, 0.6) is 0 Å². The van der Waals surface area contributed by atoms with Gasteiger partial charge in [-0.25, -0.2) is 0 Å². The Kier molecular flexibility index (Phi) is 5.18. The Morgan fingerprint density at radius 3 is 2.65 bits per heavy atom. The molecule has 1 unspecified atom stereocenters. The van der Waals surface area contributed by atoms with Crippen molar-refractivity contribution in [1.29, 1.82) is 0 Å². The van der Waals surface area contributed by atoms with Crippen molar-refractivity contribution >= 4 is 5.91 Å². The molecular formula is C17H26N2O. The minimum Gasteiger partial charge on any atom is -0.338 e. The van der Waals surface area contributed by atoms with Crippen molar-refractivity contribution in [3.05, 3.63) is 35.4 Å². The van der Waals surface area contributed by atoms with Crippen LogP contribution in [-0.2, 0) is 0 Å². The first kappa shape index (κ1) is 15.0. The predicted molar refractivity (Wildman–Crippen MR) is 83.1 cm³/mol. The van der Waals surface area contributed by atoms with Gasteiger partial charge in [0, 0.05) is 18.7 Å². The molecule has 1 fully saturated rings. The lowest BCUT2D eigenvalue weighted by Gasteiger charge is -2.32. The molecule has 1 aliphatic heterocycles. The highest BCUT2D eigenvalue weighted by atomic mass is 16.2. The van der Waals surface area contributed by atoms with Gasteiger partial charge < -0.3 is 10.2 Å². The molecule has 1 amide bonds. The molecule has 1 aliphatic rings. The maximum atomic E-state index is 12.5. The Morgan fingerprint density at radius 1 is 1.35 bits per heavy atom. The van der Waals surface area contributed by atoms with E-state index in [1.165, 1.54) is 12.0 Å². The highest BCUT2D eigenvalue weighted by molar-refractivity contribution is 5.94. The summed E-state index contributed by atoms with van der Waals surface area (Å²) in [6.45, 7) is 7.11. The SMILES string of the molecule is CNCC1CCCN(C(=O)c2ccc(C(C)C)cc2)C1. The van der Waals surface area contributed by atoms with Crippen molar-refractivity contribution in [1.82, 2.24) is 10.2 Å². The molecule has 110 valence electrons. The molecule has 20 heavy (non-hydrogen) atoms. The number of nitrogens with zero attached hydrogens (tertiary/aromatic N) is 1. The highest BCUT2D eigenvalue weighted by Crippen LogP contribution is 2.20. The van der Waals surface area contributed by atoms with Crippen LogP contribution in [0.1, 0.15) is 48.5 Å². The second-order valence-corrected chi connectivity index (χ2v) is 6.09. The Bertz CT molecular complexity index is 437. The monoisotopic (exact) mass is 274 g/mol. The molecule has 0 aromatic heterocycles. The van der Waals surface area contributed by atoms with E-state index in [-0.39, 0.29) is 5.91 Å². The zero-order valence-electron chi connectivity index (χ0n) is 12.9. The van der Waals surface area contributed by atoms with Gasteiger partial charge in [0.2, 0.25) is 0 Å². The van der Waals surface area contributed by atoms with E-state index >= 15 is 0 Å². The second-order valence-electron chi connectivity index (χ2n) is 6.09. The normalized spacial score (nSPS) is 19.4. The molecular weight excluding hydrogens is 248 g/mol.